The fourth-order valence-electron chi connectivity index (χ4n) is 2.08. The first-order valence-electron chi connectivity index (χ1n) is 7.36. The van der Waals surface area contributed by atoms with Crippen LogP contribution in [0.5, 0.6) is 0 Å². The lowest BCUT2D eigenvalue weighted by Crippen LogP contribution is -2.31. The van der Waals surface area contributed by atoms with E-state index in [-0.39, 0.29) is 0 Å². The van der Waals surface area contributed by atoms with Gasteiger partial charge in [-0.1, -0.05) is 48.8 Å². The Kier molecular flexibility index (Phi) is 5.30. The Morgan fingerprint density at radius 3 is 2.60 bits per heavy atom. The Bertz CT molecular complexity index is 519. The Balaban J connectivity index is 2.02. The highest BCUT2D eigenvalue weighted by Gasteiger charge is 2.13. The number of benzene rings is 1. The largest absolute Gasteiger partial charge is 0.339 e. The molecule has 0 spiro atoms. The van der Waals surface area contributed by atoms with Crippen LogP contribution in [0.4, 0.5) is 0 Å². The average molecular weight is 273 g/mol. The van der Waals surface area contributed by atoms with E-state index < -0.39 is 0 Å². The molecule has 0 saturated heterocycles. The molecule has 4 nitrogen and oxygen atoms in total. The van der Waals surface area contributed by atoms with Crippen molar-refractivity contribution in [1.82, 2.24) is 15.5 Å². The molecule has 0 saturated carbocycles. The van der Waals surface area contributed by atoms with Crippen LogP contribution in [0.2, 0.25) is 0 Å². The lowest BCUT2D eigenvalue weighted by Gasteiger charge is -2.13. The lowest BCUT2D eigenvalue weighted by atomic mass is 10.1. The van der Waals surface area contributed by atoms with Gasteiger partial charge >= 0.3 is 0 Å². The Morgan fingerprint density at radius 1 is 1.20 bits per heavy atom. The number of aryl methyl sites for hydroxylation is 1. The zero-order chi connectivity index (χ0) is 14.4. The summed E-state index contributed by atoms with van der Waals surface area (Å²) in [4.78, 5) is 4.49. The number of rotatable bonds is 7. The SMILES string of the molecule is CCCNC(CC)Cc1nc(-c2ccc(C)cc2)no1. The van der Waals surface area contributed by atoms with Gasteiger partial charge in [-0.2, -0.15) is 4.98 Å². The predicted molar refractivity (Wildman–Crippen MR) is 80.5 cm³/mol. The second-order valence-corrected chi connectivity index (χ2v) is 5.14. The summed E-state index contributed by atoms with van der Waals surface area (Å²) in [5.74, 6) is 1.38. The van der Waals surface area contributed by atoms with Gasteiger partial charge < -0.3 is 9.84 Å². The molecule has 1 heterocycles. The minimum absolute atomic E-state index is 0.404. The van der Waals surface area contributed by atoms with Crippen LogP contribution in [0.3, 0.4) is 0 Å². The quantitative estimate of drug-likeness (QED) is 0.840. The van der Waals surface area contributed by atoms with Crippen LogP contribution in [0.25, 0.3) is 11.4 Å². The molecule has 1 aromatic carbocycles. The van der Waals surface area contributed by atoms with Gasteiger partial charge in [-0.15, -0.1) is 0 Å². The standard InChI is InChI=1S/C16H23N3O/c1-4-10-17-14(5-2)11-15-18-16(19-20-15)13-8-6-12(3)7-9-13/h6-9,14,17H,4-5,10-11H2,1-3H3. The molecular weight excluding hydrogens is 250 g/mol. The molecule has 108 valence electrons. The highest BCUT2D eigenvalue weighted by molar-refractivity contribution is 5.54. The van der Waals surface area contributed by atoms with Gasteiger partial charge in [0.05, 0.1) is 0 Å². The van der Waals surface area contributed by atoms with Crippen LogP contribution in [0.1, 0.15) is 38.1 Å². The molecule has 0 aliphatic rings. The van der Waals surface area contributed by atoms with Crippen molar-refractivity contribution in [2.75, 3.05) is 6.54 Å². The van der Waals surface area contributed by atoms with Crippen molar-refractivity contribution in [3.05, 3.63) is 35.7 Å². The van der Waals surface area contributed by atoms with E-state index in [1.54, 1.807) is 0 Å². The van der Waals surface area contributed by atoms with Crippen LogP contribution < -0.4 is 5.32 Å². The van der Waals surface area contributed by atoms with Crippen molar-refractivity contribution in [3.8, 4) is 11.4 Å². The fourth-order valence-corrected chi connectivity index (χ4v) is 2.08. The summed E-state index contributed by atoms with van der Waals surface area (Å²) in [6.45, 7) is 7.43. The van der Waals surface area contributed by atoms with Gasteiger partial charge in [0.1, 0.15) is 0 Å². The minimum atomic E-state index is 0.404. The molecule has 1 aromatic heterocycles. The van der Waals surface area contributed by atoms with Gasteiger partial charge in [-0.3, -0.25) is 0 Å². The van der Waals surface area contributed by atoms with Crippen molar-refractivity contribution >= 4 is 0 Å². The maximum Gasteiger partial charge on any atom is 0.228 e. The molecular formula is C16H23N3O. The van der Waals surface area contributed by atoms with Crippen molar-refractivity contribution in [1.29, 1.82) is 0 Å². The molecule has 1 N–H and O–H groups in total. The summed E-state index contributed by atoms with van der Waals surface area (Å²) in [5, 5.41) is 7.57. The molecule has 1 atom stereocenters. The van der Waals surface area contributed by atoms with E-state index in [0.717, 1.165) is 31.4 Å². The van der Waals surface area contributed by atoms with Gasteiger partial charge in [0.15, 0.2) is 0 Å². The third kappa shape index (κ3) is 3.90. The normalized spacial score (nSPS) is 12.6. The first-order valence-corrected chi connectivity index (χ1v) is 7.36. The van der Waals surface area contributed by atoms with Gasteiger partial charge in [0.25, 0.3) is 0 Å². The first kappa shape index (κ1) is 14.7. The van der Waals surface area contributed by atoms with Crippen LogP contribution in [-0.4, -0.2) is 22.7 Å². The number of nitrogens with one attached hydrogen (secondary N) is 1. The maximum atomic E-state index is 5.36. The molecule has 0 bridgehead atoms. The molecule has 0 amide bonds. The molecule has 0 aliphatic carbocycles. The van der Waals surface area contributed by atoms with Gasteiger partial charge in [0.2, 0.25) is 11.7 Å². The molecule has 2 aromatic rings. The number of nitrogens with zero attached hydrogens (tertiary/aromatic N) is 2. The third-order valence-electron chi connectivity index (χ3n) is 3.37. The Morgan fingerprint density at radius 2 is 1.95 bits per heavy atom. The van der Waals surface area contributed by atoms with Crippen LogP contribution in [0, 0.1) is 6.92 Å². The van der Waals surface area contributed by atoms with Crippen molar-refractivity contribution in [2.45, 2.75) is 46.1 Å². The highest BCUT2D eigenvalue weighted by atomic mass is 16.5. The van der Waals surface area contributed by atoms with Gasteiger partial charge in [0, 0.05) is 18.0 Å². The zero-order valence-corrected chi connectivity index (χ0v) is 12.5. The van der Waals surface area contributed by atoms with Gasteiger partial charge in [-0.05, 0) is 26.3 Å². The summed E-state index contributed by atoms with van der Waals surface area (Å²) in [5.41, 5.74) is 2.23. The Labute approximate surface area is 120 Å². The van der Waals surface area contributed by atoms with E-state index in [9.17, 15) is 0 Å². The molecule has 0 radical (unpaired) electrons. The first-order chi connectivity index (χ1) is 9.72. The van der Waals surface area contributed by atoms with Gasteiger partial charge in [-0.25, -0.2) is 0 Å². The fraction of sp³-hybridized carbons (Fsp3) is 0.500. The third-order valence-corrected chi connectivity index (χ3v) is 3.37. The van der Waals surface area contributed by atoms with Crippen molar-refractivity contribution < 1.29 is 4.52 Å². The second kappa shape index (κ2) is 7.20. The smallest absolute Gasteiger partial charge is 0.228 e. The molecule has 2 rings (SSSR count). The minimum Gasteiger partial charge on any atom is -0.339 e. The zero-order valence-electron chi connectivity index (χ0n) is 12.5. The molecule has 20 heavy (non-hydrogen) atoms. The number of hydrogen-bond donors (Lipinski definition) is 1. The number of aromatic nitrogens is 2. The van der Waals surface area contributed by atoms with E-state index in [2.05, 4.69) is 48.4 Å². The Hall–Kier alpha value is -1.68. The number of hydrogen-bond acceptors (Lipinski definition) is 4. The van der Waals surface area contributed by atoms with Crippen LogP contribution in [0.15, 0.2) is 28.8 Å². The monoisotopic (exact) mass is 273 g/mol. The second-order valence-electron chi connectivity index (χ2n) is 5.14. The molecule has 4 heteroatoms. The van der Waals surface area contributed by atoms with Crippen LogP contribution in [-0.2, 0) is 6.42 Å². The van der Waals surface area contributed by atoms with E-state index in [1.165, 1.54) is 5.56 Å². The molecule has 0 fully saturated rings. The van der Waals surface area contributed by atoms with Crippen molar-refractivity contribution in [3.63, 3.8) is 0 Å². The van der Waals surface area contributed by atoms with Crippen LogP contribution >= 0.6 is 0 Å². The topological polar surface area (TPSA) is 51.0 Å². The highest BCUT2D eigenvalue weighted by Crippen LogP contribution is 2.17. The molecule has 1 unspecified atom stereocenters. The van der Waals surface area contributed by atoms with E-state index in [0.29, 0.717) is 17.8 Å². The summed E-state index contributed by atoms with van der Waals surface area (Å²) in [6, 6.07) is 8.57. The van der Waals surface area contributed by atoms with Crippen molar-refractivity contribution in [2.24, 2.45) is 0 Å². The van der Waals surface area contributed by atoms with E-state index in [4.69, 9.17) is 4.52 Å². The summed E-state index contributed by atoms with van der Waals surface area (Å²) < 4.78 is 5.36. The average Bonchev–Trinajstić information content (AvgIpc) is 2.92. The maximum absolute atomic E-state index is 5.36. The summed E-state index contributed by atoms with van der Waals surface area (Å²) in [6.07, 6.45) is 2.98. The summed E-state index contributed by atoms with van der Waals surface area (Å²) >= 11 is 0. The summed E-state index contributed by atoms with van der Waals surface area (Å²) in [7, 11) is 0. The molecule has 0 aliphatic heterocycles. The lowest BCUT2D eigenvalue weighted by molar-refractivity contribution is 0.354. The van der Waals surface area contributed by atoms with E-state index in [1.807, 2.05) is 12.1 Å². The van der Waals surface area contributed by atoms with E-state index >= 15 is 0 Å². The predicted octanol–water partition coefficient (Wildman–Crippen LogP) is 3.37.